The van der Waals surface area contributed by atoms with E-state index in [0.717, 1.165) is 11.1 Å². The Balaban J connectivity index is 2.87. The number of hydrogen-bond donors (Lipinski definition) is 2. The van der Waals surface area contributed by atoms with Crippen LogP contribution in [-0.2, 0) is 10.0 Å². The molecule has 0 saturated carbocycles. The molecule has 0 atom stereocenters. The molecule has 5 heteroatoms. The first-order valence-corrected chi connectivity index (χ1v) is 8.03. The van der Waals surface area contributed by atoms with E-state index >= 15 is 0 Å². The number of nitrogen functional groups attached to an aromatic ring is 1. The normalized spacial score (nSPS) is 12.5. The molecule has 0 fully saturated rings. The molecule has 4 nitrogen and oxygen atoms in total. The minimum atomic E-state index is -3.31. The zero-order chi connectivity index (χ0) is 14.8. The first kappa shape index (κ1) is 15.8. The third kappa shape index (κ3) is 5.11. The second-order valence-electron chi connectivity index (χ2n) is 6.26. The second kappa shape index (κ2) is 5.41. The molecule has 0 aliphatic heterocycles. The van der Waals surface area contributed by atoms with Crippen LogP contribution in [0.1, 0.15) is 38.3 Å². The van der Waals surface area contributed by atoms with Crippen LogP contribution in [0, 0.1) is 19.3 Å². The third-order valence-electron chi connectivity index (χ3n) is 3.00. The molecular weight excluding hydrogens is 260 g/mol. The van der Waals surface area contributed by atoms with Crippen LogP contribution in [0.25, 0.3) is 0 Å². The van der Waals surface area contributed by atoms with Crippen LogP contribution in [0.15, 0.2) is 12.1 Å². The fourth-order valence-electron chi connectivity index (χ4n) is 1.61. The van der Waals surface area contributed by atoms with Crippen LogP contribution in [0.3, 0.4) is 0 Å². The van der Waals surface area contributed by atoms with Gasteiger partial charge >= 0.3 is 0 Å². The van der Waals surface area contributed by atoms with Crippen LogP contribution < -0.4 is 10.5 Å². The quantitative estimate of drug-likeness (QED) is 0.835. The molecule has 19 heavy (non-hydrogen) atoms. The van der Waals surface area contributed by atoms with E-state index < -0.39 is 10.0 Å². The van der Waals surface area contributed by atoms with Gasteiger partial charge in [-0.3, -0.25) is 4.72 Å². The largest absolute Gasteiger partial charge is 0.399 e. The lowest BCUT2D eigenvalue weighted by atomic mass is 9.94. The van der Waals surface area contributed by atoms with E-state index in [9.17, 15) is 8.42 Å². The minimum Gasteiger partial charge on any atom is -0.399 e. The van der Waals surface area contributed by atoms with Gasteiger partial charge in [-0.2, -0.15) is 0 Å². The zero-order valence-electron chi connectivity index (χ0n) is 12.4. The Hall–Kier alpha value is -1.23. The molecule has 3 N–H and O–H groups in total. The number of anilines is 2. The van der Waals surface area contributed by atoms with Crippen LogP contribution in [0.4, 0.5) is 11.4 Å². The molecule has 0 heterocycles. The molecule has 0 amide bonds. The molecule has 108 valence electrons. The summed E-state index contributed by atoms with van der Waals surface area (Å²) < 4.78 is 26.7. The molecule has 1 aromatic rings. The molecule has 0 aliphatic carbocycles. The Bertz CT molecular complexity index is 558. The Morgan fingerprint density at radius 3 is 2.26 bits per heavy atom. The van der Waals surface area contributed by atoms with Gasteiger partial charge in [0.25, 0.3) is 0 Å². The van der Waals surface area contributed by atoms with Gasteiger partial charge < -0.3 is 5.73 Å². The molecule has 0 bridgehead atoms. The number of benzene rings is 1. The monoisotopic (exact) mass is 284 g/mol. The predicted octanol–water partition coefficient (Wildman–Crippen LogP) is 3.06. The van der Waals surface area contributed by atoms with Crippen molar-refractivity contribution in [1.29, 1.82) is 0 Å². The number of hydrogen-bond acceptors (Lipinski definition) is 3. The van der Waals surface area contributed by atoms with Crippen molar-refractivity contribution in [2.75, 3.05) is 16.2 Å². The molecule has 1 rings (SSSR count). The van der Waals surface area contributed by atoms with Crippen molar-refractivity contribution >= 4 is 21.4 Å². The summed E-state index contributed by atoms with van der Waals surface area (Å²) in [5, 5.41) is 0. The van der Waals surface area contributed by atoms with E-state index in [1.807, 2.05) is 34.6 Å². The molecule has 0 spiro atoms. The minimum absolute atomic E-state index is 0.000821. The summed E-state index contributed by atoms with van der Waals surface area (Å²) >= 11 is 0. The van der Waals surface area contributed by atoms with Gasteiger partial charge in [0.1, 0.15) is 0 Å². The van der Waals surface area contributed by atoms with Gasteiger partial charge in [0.05, 0.1) is 11.4 Å². The van der Waals surface area contributed by atoms with E-state index in [2.05, 4.69) is 4.72 Å². The topological polar surface area (TPSA) is 72.2 Å². The first-order chi connectivity index (χ1) is 8.50. The zero-order valence-corrected chi connectivity index (χ0v) is 13.2. The van der Waals surface area contributed by atoms with Crippen molar-refractivity contribution in [3.05, 3.63) is 23.3 Å². The van der Waals surface area contributed by atoms with Crippen molar-refractivity contribution in [3.8, 4) is 0 Å². The van der Waals surface area contributed by atoms with Crippen molar-refractivity contribution < 1.29 is 8.42 Å². The average molecular weight is 284 g/mol. The summed E-state index contributed by atoms with van der Waals surface area (Å²) in [4.78, 5) is 0. The van der Waals surface area contributed by atoms with Gasteiger partial charge in [0.2, 0.25) is 10.0 Å². The second-order valence-corrected chi connectivity index (χ2v) is 8.10. The lowest BCUT2D eigenvalue weighted by Gasteiger charge is -2.19. The van der Waals surface area contributed by atoms with E-state index in [1.54, 1.807) is 12.1 Å². The predicted molar refractivity (Wildman–Crippen MR) is 81.8 cm³/mol. The van der Waals surface area contributed by atoms with E-state index in [-0.39, 0.29) is 11.2 Å². The Labute approximate surface area is 116 Å². The van der Waals surface area contributed by atoms with Gasteiger partial charge in [-0.05, 0) is 48.9 Å². The van der Waals surface area contributed by atoms with Crippen LogP contribution in [-0.4, -0.2) is 14.2 Å². The van der Waals surface area contributed by atoms with Crippen molar-refractivity contribution in [1.82, 2.24) is 0 Å². The summed E-state index contributed by atoms with van der Waals surface area (Å²) in [6.07, 6.45) is 0.620. The molecule has 0 aliphatic rings. The van der Waals surface area contributed by atoms with Crippen LogP contribution >= 0.6 is 0 Å². The maximum Gasteiger partial charge on any atom is 0.232 e. The standard InChI is InChI=1S/C14H24N2O2S/c1-10-9-13(11(2)8-12(10)15)16-19(17,18)7-6-14(3,4)5/h8-9,16H,6-7,15H2,1-5H3. The number of nitrogens with two attached hydrogens (primary N) is 1. The summed E-state index contributed by atoms with van der Waals surface area (Å²) in [5.41, 5.74) is 8.79. The number of nitrogens with one attached hydrogen (secondary N) is 1. The number of sulfonamides is 1. The maximum absolute atomic E-state index is 12.1. The Morgan fingerprint density at radius 1 is 1.16 bits per heavy atom. The molecule has 0 aromatic heterocycles. The Morgan fingerprint density at radius 2 is 1.74 bits per heavy atom. The smallest absolute Gasteiger partial charge is 0.232 e. The average Bonchev–Trinajstić information content (AvgIpc) is 2.22. The van der Waals surface area contributed by atoms with Gasteiger partial charge in [0.15, 0.2) is 0 Å². The summed E-state index contributed by atoms with van der Waals surface area (Å²) in [6.45, 7) is 9.79. The highest BCUT2D eigenvalue weighted by Crippen LogP contribution is 2.24. The van der Waals surface area contributed by atoms with Crippen molar-refractivity contribution in [2.45, 2.75) is 41.0 Å². The number of rotatable bonds is 4. The van der Waals surface area contributed by atoms with Gasteiger partial charge in [-0.15, -0.1) is 0 Å². The van der Waals surface area contributed by atoms with E-state index in [1.165, 1.54) is 0 Å². The lowest BCUT2D eigenvalue weighted by molar-refractivity contribution is 0.397. The van der Waals surface area contributed by atoms with Crippen LogP contribution in [0.5, 0.6) is 0 Å². The van der Waals surface area contributed by atoms with E-state index in [0.29, 0.717) is 17.8 Å². The third-order valence-corrected chi connectivity index (χ3v) is 4.27. The highest BCUT2D eigenvalue weighted by Gasteiger charge is 2.18. The summed E-state index contributed by atoms with van der Waals surface area (Å²) in [6, 6.07) is 3.57. The van der Waals surface area contributed by atoms with Gasteiger partial charge in [0, 0.05) is 5.69 Å². The maximum atomic E-state index is 12.1. The first-order valence-electron chi connectivity index (χ1n) is 6.37. The molecule has 0 radical (unpaired) electrons. The Kier molecular flexibility index (Phi) is 4.50. The molecular formula is C14H24N2O2S. The van der Waals surface area contributed by atoms with E-state index in [4.69, 9.17) is 5.73 Å². The van der Waals surface area contributed by atoms with Gasteiger partial charge in [-0.1, -0.05) is 20.8 Å². The summed E-state index contributed by atoms with van der Waals surface area (Å²) in [5.74, 6) is 0.124. The highest BCUT2D eigenvalue weighted by molar-refractivity contribution is 7.92. The lowest BCUT2D eigenvalue weighted by Crippen LogP contribution is -2.21. The molecule has 1 aromatic carbocycles. The van der Waals surface area contributed by atoms with Gasteiger partial charge in [-0.25, -0.2) is 8.42 Å². The molecule has 0 unspecified atom stereocenters. The van der Waals surface area contributed by atoms with Crippen molar-refractivity contribution in [3.63, 3.8) is 0 Å². The van der Waals surface area contributed by atoms with Crippen molar-refractivity contribution in [2.24, 2.45) is 5.41 Å². The SMILES string of the molecule is Cc1cc(NS(=O)(=O)CCC(C)(C)C)c(C)cc1N. The summed E-state index contributed by atoms with van der Waals surface area (Å²) in [7, 11) is -3.31. The molecule has 0 saturated heterocycles. The number of aryl methyl sites for hydroxylation is 2. The fourth-order valence-corrected chi connectivity index (χ4v) is 3.15. The van der Waals surface area contributed by atoms with Crippen LogP contribution in [0.2, 0.25) is 0 Å². The fraction of sp³-hybridized carbons (Fsp3) is 0.571. The highest BCUT2D eigenvalue weighted by atomic mass is 32.2.